The van der Waals surface area contributed by atoms with Crippen molar-refractivity contribution in [3.8, 4) is 0 Å². The molecule has 2 atom stereocenters. The van der Waals surface area contributed by atoms with Crippen LogP contribution in [-0.4, -0.2) is 28.1 Å². The highest BCUT2D eigenvalue weighted by atomic mass is 16.4. The van der Waals surface area contributed by atoms with Gasteiger partial charge in [0.1, 0.15) is 6.04 Å². The molecule has 2 unspecified atom stereocenters. The van der Waals surface area contributed by atoms with Gasteiger partial charge >= 0.3 is 5.97 Å². The summed E-state index contributed by atoms with van der Waals surface area (Å²) in [6.07, 6.45) is -0.356. The topological polar surface area (TPSA) is 113 Å². The van der Waals surface area contributed by atoms with Crippen molar-refractivity contribution in [1.29, 1.82) is 0 Å². The summed E-state index contributed by atoms with van der Waals surface area (Å²) in [5.74, 6) is -1.90. The lowest BCUT2D eigenvalue weighted by Gasteiger charge is -2.22. The number of nitrogens with one attached hydrogen (secondary N) is 1. The van der Waals surface area contributed by atoms with Crippen molar-refractivity contribution in [2.45, 2.75) is 18.1 Å². The van der Waals surface area contributed by atoms with Gasteiger partial charge in [0, 0.05) is 17.7 Å². The van der Waals surface area contributed by atoms with Gasteiger partial charge in [0.25, 0.3) is 5.91 Å². The molecule has 0 aliphatic carbocycles. The molecule has 1 amide bonds. The van der Waals surface area contributed by atoms with E-state index in [1.807, 2.05) is 0 Å². The van der Waals surface area contributed by atoms with E-state index in [1.165, 1.54) is 0 Å². The van der Waals surface area contributed by atoms with Gasteiger partial charge in [-0.1, -0.05) is 18.2 Å². The summed E-state index contributed by atoms with van der Waals surface area (Å²) in [6.45, 7) is 0. The average Bonchev–Trinajstić information content (AvgIpc) is 2.52. The van der Waals surface area contributed by atoms with E-state index in [9.17, 15) is 14.7 Å². The number of carboxylic acid groups (broad SMARTS) is 1. The summed E-state index contributed by atoms with van der Waals surface area (Å²) < 4.78 is 0. The van der Waals surface area contributed by atoms with Crippen LogP contribution in [0.3, 0.4) is 0 Å². The molecule has 6 nitrogen and oxygen atoms in total. The predicted octanol–water partition coefficient (Wildman–Crippen LogP) is -0.372. The Bertz CT molecular complexity index is 488. The molecule has 0 fully saturated rings. The molecular formula is C11H12N2O4. The molecule has 1 heterocycles. The molecule has 1 aromatic rings. The summed E-state index contributed by atoms with van der Waals surface area (Å²) in [5.41, 5.74) is 4.34. The number of hydrogen-bond donors (Lipinski definition) is 4. The molecule has 0 saturated carbocycles. The van der Waals surface area contributed by atoms with Crippen LogP contribution >= 0.6 is 0 Å². The number of hydrogen-bond acceptors (Lipinski definition) is 4. The fourth-order valence-corrected chi connectivity index (χ4v) is 1.91. The van der Waals surface area contributed by atoms with Crippen LogP contribution < -0.4 is 11.1 Å². The Morgan fingerprint density at radius 3 is 2.76 bits per heavy atom. The highest BCUT2D eigenvalue weighted by Crippen LogP contribution is 2.38. The molecule has 0 spiro atoms. The van der Waals surface area contributed by atoms with E-state index in [0.717, 1.165) is 0 Å². The SMILES string of the molecule is NC(CC1(O)C(=O)Nc2ccccc21)C(=O)O. The zero-order chi connectivity index (χ0) is 12.6. The van der Waals surface area contributed by atoms with E-state index in [4.69, 9.17) is 10.8 Å². The van der Waals surface area contributed by atoms with Gasteiger partial charge in [0.15, 0.2) is 5.60 Å². The number of para-hydroxylation sites is 1. The second kappa shape index (κ2) is 3.83. The third kappa shape index (κ3) is 1.77. The Kier molecular flexibility index (Phi) is 2.60. The van der Waals surface area contributed by atoms with Gasteiger partial charge in [0.05, 0.1) is 0 Å². The van der Waals surface area contributed by atoms with Gasteiger partial charge < -0.3 is 21.3 Å². The standard InChI is InChI=1S/C11H12N2O4/c12-7(9(14)15)5-11(17)6-3-1-2-4-8(6)13-10(11)16/h1-4,7,17H,5,12H2,(H,13,16)(H,14,15). The number of benzene rings is 1. The van der Waals surface area contributed by atoms with Crippen LogP contribution in [0.5, 0.6) is 0 Å². The van der Waals surface area contributed by atoms with Gasteiger partial charge in [-0.05, 0) is 6.07 Å². The molecule has 1 aliphatic heterocycles. The summed E-state index contributed by atoms with van der Waals surface area (Å²) in [7, 11) is 0. The van der Waals surface area contributed by atoms with Crippen molar-refractivity contribution in [3.63, 3.8) is 0 Å². The largest absolute Gasteiger partial charge is 0.480 e. The lowest BCUT2D eigenvalue weighted by Crippen LogP contribution is -2.43. The van der Waals surface area contributed by atoms with Gasteiger partial charge in [-0.2, -0.15) is 0 Å². The van der Waals surface area contributed by atoms with Gasteiger partial charge in [-0.15, -0.1) is 0 Å². The molecule has 90 valence electrons. The van der Waals surface area contributed by atoms with Crippen LogP contribution in [0.4, 0.5) is 5.69 Å². The smallest absolute Gasteiger partial charge is 0.320 e. The van der Waals surface area contributed by atoms with Crippen LogP contribution in [0.2, 0.25) is 0 Å². The minimum absolute atomic E-state index is 0.356. The predicted molar refractivity (Wildman–Crippen MR) is 59.2 cm³/mol. The highest BCUT2D eigenvalue weighted by molar-refractivity contribution is 6.05. The van der Waals surface area contributed by atoms with E-state index in [-0.39, 0.29) is 6.42 Å². The second-order valence-electron chi connectivity index (χ2n) is 4.01. The molecule has 6 heteroatoms. The molecule has 2 rings (SSSR count). The number of carbonyl (C=O) groups excluding carboxylic acids is 1. The maximum Gasteiger partial charge on any atom is 0.320 e. The van der Waals surface area contributed by atoms with E-state index in [0.29, 0.717) is 11.3 Å². The summed E-state index contributed by atoms with van der Waals surface area (Å²) in [5, 5.41) is 21.5. The molecular weight excluding hydrogens is 224 g/mol. The van der Waals surface area contributed by atoms with Gasteiger partial charge in [-0.25, -0.2) is 0 Å². The number of carboxylic acids is 1. The number of aliphatic hydroxyl groups is 1. The van der Waals surface area contributed by atoms with Crippen LogP contribution in [-0.2, 0) is 15.2 Å². The number of rotatable bonds is 3. The minimum Gasteiger partial charge on any atom is -0.480 e. The van der Waals surface area contributed by atoms with Gasteiger partial charge in [0.2, 0.25) is 0 Å². The number of fused-ring (bicyclic) bond motifs is 1. The van der Waals surface area contributed by atoms with Crippen molar-refractivity contribution >= 4 is 17.6 Å². The van der Waals surface area contributed by atoms with Crippen molar-refractivity contribution < 1.29 is 19.8 Å². The van der Waals surface area contributed by atoms with E-state index in [2.05, 4.69) is 5.32 Å². The molecule has 0 bridgehead atoms. The Balaban J connectivity index is 2.37. The first-order valence-corrected chi connectivity index (χ1v) is 5.07. The van der Waals surface area contributed by atoms with Crippen molar-refractivity contribution in [2.24, 2.45) is 5.73 Å². The van der Waals surface area contributed by atoms with Crippen molar-refractivity contribution in [1.82, 2.24) is 0 Å². The zero-order valence-electron chi connectivity index (χ0n) is 8.88. The molecule has 0 saturated heterocycles. The third-order valence-electron chi connectivity index (χ3n) is 2.83. The minimum atomic E-state index is -1.87. The van der Waals surface area contributed by atoms with Crippen molar-refractivity contribution in [2.75, 3.05) is 5.32 Å². The average molecular weight is 236 g/mol. The molecule has 1 aromatic carbocycles. The number of carbonyl (C=O) groups is 2. The number of aliphatic carboxylic acids is 1. The summed E-state index contributed by atoms with van der Waals surface area (Å²) >= 11 is 0. The highest BCUT2D eigenvalue weighted by Gasteiger charge is 2.46. The molecule has 0 aromatic heterocycles. The first-order valence-electron chi connectivity index (χ1n) is 5.07. The van der Waals surface area contributed by atoms with E-state index >= 15 is 0 Å². The Morgan fingerprint density at radius 2 is 2.12 bits per heavy atom. The van der Waals surface area contributed by atoms with E-state index < -0.39 is 23.5 Å². The second-order valence-corrected chi connectivity index (χ2v) is 4.01. The fraction of sp³-hybridized carbons (Fsp3) is 0.273. The molecule has 1 aliphatic rings. The van der Waals surface area contributed by atoms with E-state index in [1.54, 1.807) is 24.3 Å². The number of anilines is 1. The number of nitrogens with two attached hydrogens (primary N) is 1. The fourth-order valence-electron chi connectivity index (χ4n) is 1.91. The number of amides is 1. The Hall–Kier alpha value is -1.92. The molecule has 17 heavy (non-hydrogen) atoms. The summed E-state index contributed by atoms with van der Waals surface area (Å²) in [4.78, 5) is 22.4. The Labute approximate surface area is 97.1 Å². The lowest BCUT2D eigenvalue weighted by atomic mass is 9.89. The lowest BCUT2D eigenvalue weighted by molar-refractivity contribution is -0.143. The quantitative estimate of drug-likeness (QED) is 0.572. The van der Waals surface area contributed by atoms with Crippen LogP contribution in [0.25, 0.3) is 0 Å². The third-order valence-corrected chi connectivity index (χ3v) is 2.83. The normalized spacial score (nSPS) is 24.0. The first-order chi connectivity index (χ1) is 7.95. The van der Waals surface area contributed by atoms with Crippen LogP contribution in [0.15, 0.2) is 24.3 Å². The molecule has 5 N–H and O–H groups in total. The molecule has 0 radical (unpaired) electrons. The van der Waals surface area contributed by atoms with Crippen LogP contribution in [0, 0.1) is 0 Å². The Morgan fingerprint density at radius 1 is 1.47 bits per heavy atom. The maximum absolute atomic E-state index is 11.7. The first kappa shape index (κ1) is 11.6. The van der Waals surface area contributed by atoms with Gasteiger partial charge in [-0.3, -0.25) is 9.59 Å². The van der Waals surface area contributed by atoms with Crippen molar-refractivity contribution in [3.05, 3.63) is 29.8 Å². The maximum atomic E-state index is 11.7. The van der Waals surface area contributed by atoms with Crippen LogP contribution in [0.1, 0.15) is 12.0 Å². The zero-order valence-corrected chi connectivity index (χ0v) is 8.88. The monoisotopic (exact) mass is 236 g/mol. The summed E-state index contributed by atoms with van der Waals surface area (Å²) in [6, 6.07) is 5.29.